The highest BCUT2D eigenvalue weighted by atomic mass is 35.5. The summed E-state index contributed by atoms with van der Waals surface area (Å²) in [6.45, 7) is 2.54. The number of carbonyl (C=O) groups excluding carboxylic acids is 1. The van der Waals surface area contributed by atoms with Crippen LogP contribution >= 0.6 is 23.8 Å². The van der Waals surface area contributed by atoms with Crippen molar-refractivity contribution < 1.29 is 23.7 Å². The minimum absolute atomic E-state index is 0.0497. The molecule has 180 valence electrons. The fraction of sp³-hybridized carbons (Fsp3) is 0.292. The molecule has 1 heterocycles. The fourth-order valence-electron chi connectivity index (χ4n) is 3.05. The lowest BCUT2D eigenvalue weighted by atomic mass is 10.2. The number of methoxy groups -OCH3 is 2. The summed E-state index contributed by atoms with van der Waals surface area (Å²) in [6.07, 6.45) is 3.54. The number of anilines is 1. The molecule has 0 atom stereocenters. The van der Waals surface area contributed by atoms with Crippen molar-refractivity contribution in [3.63, 3.8) is 0 Å². The molecule has 0 spiro atoms. The number of carbonyl (C=O) groups is 1. The molecule has 3 rings (SSSR count). The third-order valence-electron chi connectivity index (χ3n) is 4.74. The molecule has 0 saturated heterocycles. The van der Waals surface area contributed by atoms with E-state index in [-0.39, 0.29) is 17.6 Å². The van der Waals surface area contributed by atoms with Crippen molar-refractivity contribution in [3.8, 4) is 23.0 Å². The lowest BCUT2D eigenvalue weighted by Gasteiger charge is -2.14. The fourth-order valence-corrected chi connectivity index (χ4v) is 3.50. The van der Waals surface area contributed by atoms with Gasteiger partial charge in [0.2, 0.25) is 0 Å². The van der Waals surface area contributed by atoms with Gasteiger partial charge in [0.1, 0.15) is 18.1 Å². The number of fused-ring (bicyclic) bond motifs is 1. The standard InChI is InChI=1S/C24H26ClN3O5S/c1-4-5-10-32-14-23(29)28-24(34)27-15-6-7-20(17(25)11-15)33-19-8-9-26-18-13-22(31-3)21(30-2)12-16(18)19/h6-9,11-13H,4-5,10,14H2,1-3H3,(H2,27,28,29,34). The van der Waals surface area contributed by atoms with Gasteiger partial charge in [-0.05, 0) is 49.0 Å². The molecule has 0 radical (unpaired) electrons. The van der Waals surface area contributed by atoms with Gasteiger partial charge in [0.15, 0.2) is 16.6 Å². The number of unbranched alkanes of at least 4 members (excludes halogenated alkanes) is 1. The number of rotatable bonds is 10. The van der Waals surface area contributed by atoms with E-state index in [0.717, 1.165) is 18.2 Å². The Kier molecular flexibility index (Phi) is 9.26. The van der Waals surface area contributed by atoms with Crippen molar-refractivity contribution in [1.29, 1.82) is 0 Å². The number of hydrogen-bond donors (Lipinski definition) is 2. The molecule has 2 aromatic carbocycles. The van der Waals surface area contributed by atoms with Crippen LogP contribution in [0.15, 0.2) is 42.6 Å². The maximum Gasteiger partial charge on any atom is 0.252 e. The first-order valence-corrected chi connectivity index (χ1v) is 11.4. The highest BCUT2D eigenvalue weighted by Gasteiger charge is 2.13. The largest absolute Gasteiger partial charge is 0.493 e. The van der Waals surface area contributed by atoms with Crippen LogP contribution in [0.25, 0.3) is 10.9 Å². The van der Waals surface area contributed by atoms with E-state index in [4.69, 9.17) is 42.8 Å². The minimum Gasteiger partial charge on any atom is -0.493 e. The molecule has 0 bridgehead atoms. The van der Waals surface area contributed by atoms with E-state index in [9.17, 15) is 4.79 Å². The predicted molar refractivity (Wildman–Crippen MR) is 136 cm³/mol. The second-order valence-corrected chi connectivity index (χ2v) is 8.00. The number of aromatic nitrogens is 1. The van der Waals surface area contributed by atoms with Crippen LogP contribution in [0.2, 0.25) is 5.02 Å². The van der Waals surface area contributed by atoms with Gasteiger partial charge in [0.25, 0.3) is 5.91 Å². The van der Waals surface area contributed by atoms with Crippen molar-refractivity contribution in [2.45, 2.75) is 19.8 Å². The molecule has 1 amide bonds. The van der Waals surface area contributed by atoms with Crippen LogP contribution in [0.1, 0.15) is 19.8 Å². The number of nitrogens with zero attached hydrogens (tertiary/aromatic N) is 1. The van der Waals surface area contributed by atoms with Gasteiger partial charge in [-0.2, -0.15) is 0 Å². The summed E-state index contributed by atoms with van der Waals surface area (Å²) < 4.78 is 22.1. The van der Waals surface area contributed by atoms with Gasteiger partial charge in [-0.1, -0.05) is 24.9 Å². The minimum atomic E-state index is -0.323. The molecule has 0 aliphatic rings. The molecule has 8 nitrogen and oxygen atoms in total. The summed E-state index contributed by atoms with van der Waals surface area (Å²) in [5.74, 6) is 1.80. The molecule has 0 fully saturated rings. The average molecular weight is 504 g/mol. The molecule has 3 aromatic rings. The third kappa shape index (κ3) is 6.69. The van der Waals surface area contributed by atoms with Crippen LogP contribution in [0.3, 0.4) is 0 Å². The van der Waals surface area contributed by atoms with Crippen LogP contribution in [-0.2, 0) is 9.53 Å². The Morgan fingerprint density at radius 3 is 2.53 bits per heavy atom. The highest BCUT2D eigenvalue weighted by molar-refractivity contribution is 7.80. The lowest BCUT2D eigenvalue weighted by molar-refractivity contribution is -0.124. The van der Waals surface area contributed by atoms with E-state index >= 15 is 0 Å². The topological polar surface area (TPSA) is 90.9 Å². The number of hydrogen-bond acceptors (Lipinski definition) is 7. The first-order valence-electron chi connectivity index (χ1n) is 10.6. The number of ether oxygens (including phenoxy) is 4. The van der Waals surface area contributed by atoms with Crippen molar-refractivity contribution in [3.05, 3.63) is 47.6 Å². The quantitative estimate of drug-likeness (QED) is 0.283. The molecular formula is C24H26ClN3O5S. The molecule has 1 aromatic heterocycles. The monoisotopic (exact) mass is 503 g/mol. The lowest BCUT2D eigenvalue weighted by Crippen LogP contribution is -2.36. The second kappa shape index (κ2) is 12.4. The first-order chi connectivity index (χ1) is 16.4. The highest BCUT2D eigenvalue weighted by Crippen LogP contribution is 2.38. The van der Waals surface area contributed by atoms with Gasteiger partial charge in [0, 0.05) is 29.9 Å². The summed E-state index contributed by atoms with van der Waals surface area (Å²) in [7, 11) is 3.13. The Morgan fingerprint density at radius 1 is 1.06 bits per heavy atom. The Morgan fingerprint density at radius 2 is 1.82 bits per heavy atom. The number of thiocarbonyl (C=S) groups is 1. The van der Waals surface area contributed by atoms with Crippen molar-refractivity contribution in [2.75, 3.05) is 32.8 Å². The normalized spacial score (nSPS) is 10.6. The molecule has 2 N–H and O–H groups in total. The third-order valence-corrected chi connectivity index (χ3v) is 5.24. The maximum absolute atomic E-state index is 11.9. The van der Waals surface area contributed by atoms with E-state index in [0.29, 0.717) is 45.8 Å². The van der Waals surface area contributed by atoms with Gasteiger partial charge in [-0.3, -0.25) is 9.78 Å². The molecule has 0 unspecified atom stereocenters. The summed E-state index contributed by atoms with van der Waals surface area (Å²) in [5, 5.41) is 6.74. The van der Waals surface area contributed by atoms with Gasteiger partial charge in [-0.15, -0.1) is 0 Å². The Labute approximate surface area is 208 Å². The van der Waals surface area contributed by atoms with Crippen LogP contribution in [0.5, 0.6) is 23.0 Å². The molecular weight excluding hydrogens is 478 g/mol. The first kappa shape index (κ1) is 25.5. The molecule has 10 heteroatoms. The summed E-state index contributed by atoms with van der Waals surface area (Å²) in [6, 6.07) is 10.4. The van der Waals surface area contributed by atoms with Gasteiger partial charge in [-0.25, -0.2) is 0 Å². The second-order valence-electron chi connectivity index (χ2n) is 7.19. The van der Waals surface area contributed by atoms with E-state index in [2.05, 4.69) is 22.5 Å². The number of benzene rings is 2. The molecule has 0 saturated carbocycles. The number of amides is 1. The van der Waals surface area contributed by atoms with Gasteiger partial charge in [0.05, 0.1) is 24.8 Å². The predicted octanol–water partition coefficient (Wildman–Crippen LogP) is 5.33. The molecule has 34 heavy (non-hydrogen) atoms. The van der Waals surface area contributed by atoms with Crippen molar-refractivity contribution >= 4 is 51.4 Å². The SMILES string of the molecule is CCCCOCC(=O)NC(=S)Nc1ccc(Oc2ccnc3cc(OC)c(OC)cc23)c(Cl)c1. The molecule has 0 aliphatic carbocycles. The smallest absolute Gasteiger partial charge is 0.252 e. The zero-order chi connectivity index (χ0) is 24.5. The van der Waals surface area contributed by atoms with E-state index < -0.39 is 0 Å². The summed E-state index contributed by atoms with van der Waals surface area (Å²) in [4.78, 5) is 16.3. The Bertz CT molecular complexity index is 1170. The van der Waals surface area contributed by atoms with E-state index in [1.165, 1.54) is 0 Å². The molecule has 0 aliphatic heterocycles. The van der Waals surface area contributed by atoms with Crippen molar-refractivity contribution in [2.24, 2.45) is 0 Å². The maximum atomic E-state index is 11.9. The van der Waals surface area contributed by atoms with Crippen LogP contribution < -0.4 is 24.8 Å². The number of pyridine rings is 1. The summed E-state index contributed by atoms with van der Waals surface area (Å²) in [5.41, 5.74) is 1.28. The van der Waals surface area contributed by atoms with Gasteiger partial charge >= 0.3 is 0 Å². The summed E-state index contributed by atoms with van der Waals surface area (Å²) >= 11 is 11.6. The van der Waals surface area contributed by atoms with Crippen molar-refractivity contribution in [1.82, 2.24) is 10.3 Å². The number of halogens is 1. The van der Waals surface area contributed by atoms with Crippen LogP contribution in [-0.4, -0.2) is 43.4 Å². The Balaban J connectivity index is 1.68. The zero-order valence-corrected chi connectivity index (χ0v) is 20.7. The number of nitrogens with one attached hydrogen (secondary N) is 2. The van der Waals surface area contributed by atoms with Crippen LogP contribution in [0.4, 0.5) is 5.69 Å². The van der Waals surface area contributed by atoms with E-state index in [1.54, 1.807) is 56.8 Å². The van der Waals surface area contributed by atoms with Crippen LogP contribution in [0, 0.1) is 0 Å². The van der Waals surface area contributed by atoms with Gasteiger partial charge < -0.3 is 29.6 Å². The average Bonchev–Trinajstić information content (AvgIpc) is 2.82. The Hall–Kier alpha value is -3.14. The van der Waals surface area contributed by atoms with E-state index in [1.807, 2.05) is 0 Å². The zero-order valence-electron chi connectivity index (χ0n) is 19.1.